The fourth-order valence-corrected chi connectivity index (χ4v) is 3.72. The van der Waals surface area contributed by atoms with Crippen molar-refractivity contribution >= 4 is 12.4 Å². The first-order valence-electron chi connectivity index (χ1n) is 9.45. The van der Waals surface area contributed by atoms with Gasteiger partial charge in [-0.25, -0.2) is 0 Å². The number of hydrogen-bond donors (Lipinski definition) is 2. The highest BCUT2D eigenvalue weighted by Crippen LogP contribution is 2.28. The molecule has 0 heterocycles. The van der Waals surface area contributed by atoms with Gasteiger partial charge in [-0.1, -0.05) is 18.2 Å². The lowest BCUT2D eigenvalue weighted by atomic mass is 9.91. The van der Waals surface area contributed by atoms with Gasteiger partial charge in [-0.2, -0.15) is 0 Å². The molecule has 148 valence electrons. The van der Waals surface area contributed by atoms with E-state index in [1.807, 2.05) is 12.1 Å². The van der Waals surface area contributed by atoms with Crippen molar-refractivity contribution in [1.82, 2.24) is 10.6 Å². The number of ether oxygens (including phenoxy) is 2. The highest BCUT2D eigenvalue weighted by molar-refractivity contribution is 5.85. The summed E-state index contributed by atoms with van der Waals surface area (Å²) in [6, 6.07) is 15.9. The summed E-state index contributed by atoms with van der Waals surface area (Å²) in [5.74, 6) is 1.82. The molecule has 27 heavy (non-hydrogen) atoms. The van der Waals surface area contributed by atoms with Crippen LogP contribution in [0.4, 0.5) is 0 Å². The molecule has 0 bridgehead atoms. The SMILES string of the molecule is CNC1CCC(NCc2cc(-c3ccc(OC)cc3)ccc2OC)CC1.Cl. The maximum atomic E-state index is 5.58. The Labute approximate surface area is 169 Å². The normalized spacial score (nSPS) is 19.2. The molecule has 2 aromatic rings. The van der Waals surface area contributed by atoms with Crippen LogP contribution in [0, 0.1) is 0 Å². The topological polar surface area (TPSA) is 42.5 Å². The van der Waals surface area contributed by atoms with E-state index in [0.717, 1.165) is 18.0 Å². The van der Waals surface area contributed by atoms with Gasteiger partial charge in [0.1, 0.15) is 11.5 Å². The largest absolute Gasteiger partial charge is 0.497 e. The van der Waals surface area contributed by atoms with Gasteiger partial charge in [0.15, 0.2) is 0 Å². The molecule has 1 fully saturated rings. The van der Waals surface area contributed by atoms with Crippen LogP contribution in [-0.4, -0.2) is 33.4 Å². The minimum absolute atomic E-state index is 0. The summed E-state index contributed by atoms with van der Waals surface area (Å²) in [6.45, 7) is 0.835. The average Bonchev–Trinajstić information content (AvgIpc) is 2.72. The van der Waals surface area contributed by atoms with E-state index >= 15 is 0 Å². The quantitative estimate of drug-likeness (QED) is 0.734. The Balaban J connectivity index is 0.00000261. The summed E-state index contributed by atoms with van der Waals surface area (Å²) in [6.07, 6.45) is 4.95. The first-order chi connectivity index (χ1) is 12.7. The second-order valence-electron chi connectivity index (χ2n) is 6.97. The highest BCUT2D eigenvalue weighted by Gasteiger charge is 2.19. The van der Waals surface area contributed by atoms with Crippen molar-refractivity contribution in [3.63, 3.8) is 0 Å². The summed E-state index contributed by atoms with van der Waals surface area (Å²) in [7, 11) is 5.49. The molecule has 0 saturated heterocycles. The standard InChI is InChI=1S/C22H30N2O2.ClH/c1-23-19-7-9-20(10-8-19)24-15-18-14-17(6-13-22(18)26-3)16-4-11-21(25-2)12-5-16;/h4-6,11-14,19-20,23-24H,7-10,15H2,1-3H3;1H. The molecule has 3 rings (SSSR count). The van der Waals surface area contributed by atoms with Crippen LogP contribution in [-0.2, 0) is 6.54 Å². The molecule has 2 N–H and O–H groups in total. The van der Waals surface area contributed by atoms with E-state index in [4.69, 9.17) is 9.47 Å². The van der Waals surface area contributed by atoms with Crippen molar-refractivity contribution in [2.24, 2.45) is 0 Å². The van der Waals surface area contributed by atoms with Crippen molar-refractivity contribution in [2.75, 3.05) is 21.3 Å². The predicted octanol–water partition coefficient (Wildman–Crippen LogP) is 4.41. The van der Waals surface area contributed by atoms with Crippen LogP contribution in [0.2, 0.25) is 0 Å². The molecule has 0 atom stereocenters. The van der Waals surface area contributed by atoms with Gasteiger partial charge in [-0.05, 0) is 68.1 Å². The molecule has 0 aliphatic heterocycles. The van der Waals surface area contributed by atoms with E-state index in [1.54, 1.807) is 14.2 Å². The summed E-state index contributed by atoms with van der Waals surface area (Å²) in [5, 5.41) is 7.12. The Morgan fingerprint density at radius 2 is 1.48 bits per heavy atom. The maximum Gasteiger partial charge on any atom is 0.123 e. The third-order valence-corrected chi connectivity index (χ3v) is 5.42. The van der Waals surface area contributed by atoms with E-state index in [1.165, 1.54) is 42.4 Å². The van der Waals surface area contributed by atoms with Gasteiger partial charge in [0.25, 0.3) is 0 Å². The van der Waals surface area contributed by atoms with Gasteiger partial charge in [-0.15, -0.1) is 12.4 Å². The van der Waals surface area contributed by atoms with Crippen LogP contribution in [0.25, 0.3) is 11.1 Å². The molecule has 0 aromatic heterocycles. The number of benzene rings is 2. The third-order valence-electron chi connectivity index (χ3n) is 5.42. The molecule has 0 amide bonds. The summed E-state index contributed by atoms with van der Waals surface area (Å²) in [5.41, 5.74) is 3.59. The van der Waals surface area contributed by atoms with Crippen molar-refractivity contribution in [3.05, 3.63) is 48.0 Å². The summed E-state index contributed by atoms with van der Waals surface area (Å²) >= 11 is 0. The Hall–Kier alpha value is -1.75. The van der Waals surface area contributed by atoms with E-state index < -0.39 is 0 Å². The number of rotatable bonds is 7. The molecule has 1 aliphatic carbocycles. The van der Waals surface area contributed by atoms with Crippen LogP contribution in [0.3, 0.4) is 0 Å². The lowest BCUT2D eigenvalue weighted by Gasteiger charge is -2.29. The number of methoxy groups -OCH3 is 2. The second-order valence-corrected chi connectivity index (χ2v) is 6.97. The van der Waals surface area contributed by atoms with Crippen LogP contribution in [0.15, 0.2) is 42.5 Å². The van der Waals surface area contributed by atoms with Crippen LogP contribution < -0.4 is 20.1 Å². The molecule has 5 heteroatoms. The van der Waals surface area contributed by atoms with Crippen LogP contribution >= 0.6 is 12.4 Å². The van der Waals surface area contributed by atoms with Crippen molar-refractivity contribution in [1.29, 1.82) is 0 Å². The zero-order valence-electron chi connectivity index (χ0n) is 16.5. The predicted molar refractivity (Wildman–Crippen MR) is 114 cm³/mol. The highest BCUT2D eigenvalue weighted by atomic mass is 35.5. The second kappa shape index (κ2) is 10.5. The molecule has 0 radical (unpaired) electrons. The Morgan fingerprint density at radius 3 is 2.07 bits per heavy atom. The lowest BCUT2D eigenvalue weighted by Crippen LogP contribution is -2.38. The minimum Gasteiger partial charge on any atom is -0.497 e. The first-order valence-corrected chi connectivity index (χ1v) is 9.45. The monoisotopic (exact) mass is 390 g/mol. The van der Waals surface area contributed by atoms with E-state index in [9.17, 15) is 0 Å². The average molecular weight is 391 g/mol. The molecule has 1 saturated carbocycles. The van der Waals surface area contributed by atoms with Gasteiger partial charge >= 0.3 is 0 Å². The van der Waals surface area contributed by atoms with Gasteiger partial charge in [-0.3, -0.25) is 0 Å². The van der Waals surface area contributed by atoms with E-state index in [2.05, 4.69) is 48.0 Å². The van der Waals surface area contributed by atoms with Gasteiger partial charge in [0.2, 0.25) is 0 Å². The summed E-state index contributed by atoms with van der Waals surface area (Å²) < 4.78 is 10.8. The van der Waals surface area contributed by atoms with Crippen molar-refractivity contribution in [3.8, 4) is 22.6 Å². The molecule has 0 spiro atoms. The van der Waals surface area contributed by atoms with E-state index in [-0.39, 0.29) is 12.4 Å². The smallest absolute Gasteiger partial charge is 0.123 e. The summed E-state index contributed by atoms with van der Waals surface area (Å²) in [4.78, 5) is 0. The van der Waals surface area contributed by atoms with Crippen molar-refractivity contribution in [2.45, 2.75) is 44.3 Å². The molecule has 2 aromatic carbocycles. The Bertz CT molecular complexity index is 698. The minimum atomic E-state index is 0. The fourth-order valence-electron chi connectivity index (χ4n) is 3.72. The third kappa shape index (κ3) is 5.61. The van der Waals surface area contributed by atoms with Gasteiger partial charge in [0, 0.05) is 24.2 Å². The number of nitrogens with one attached hydrogen (secondary N) is 2. The lowest BCUT2D eigenvalue weighted by molar-refractivity contribution is 0.315. The molecule has 1 aliphatic rings. The first kappa shape index (κ1) is 21.5. The number of halogens is 1. The fraction of sp³-hybridized carbons (Fsp3) is 0.455. The zero-order chi connectivity index (χ0) is 18.4. The molecule has 0 unspecified atom stereocenters. The van der Waals surface area contributed by atoms with Gasteiger partial charge in [0.05, 0.1) is 14.2 Å². The van der Waals surface area contributed by atoms with Crippen LogP contribution in [0.1, 0.15) is 31.2 Å². The molecular weight excluding hydrogens is 360 g/mol. The van der Waals surface area contributed by atoms with Gasteiger partial charge < -0.3 is 20.1 Å². The molecule has 4 nitrogen and oxygen atoms in total. The van der Waals surface area contributed by atoms with Crippen LogP contribution in [0.5, 0.6) is 11.5 Å². The maximum absolute atomic E-state index is 5.58. The Morgan fingerprint density at radius 1 is 0.852 bits per heavy atom. The Kier molecular flexibility index (Phi) is 8.42. The van der Waals surface area contributed by atoms with Crippen molar-refractivity contribution < 1.29 is 9.47 Å². The van der Waals surface area contributed by atoms with E-state index in [0.29, 0.717) is 12.1 Å². The zero-order valence-corrected chi connectivity index (χ0v) is 17.3. The number of hydrogen-bond acceptors (Lipinski definition) is 4. The molecular formula is C22H31ClN2O2.